The summed E-state index contributed by atoms with van der Waals surface area (Å²) < 4.78 is 5.42. The van der Waals surface area contributed by atoms with E-state index in [4.69, 9.17) is 9.84 Å². The largest absolute Gasteiger partial charge is 0.396 e. The van der Waals surface area contributed by atoms with Crippen molar-refractivity contribution in [3.63, 3.8) is 0 Å². The van der Waals surface area contributed by atoms with Gasteiger partial charge in [-0.15, -0.1) is 0 Å². The molecule has 0 spiro atoms. The minimum absolute atomic E-state index is 0.336. The van der Waals surface area contributed by atoms with Crippen LogP contribution < -0.4 is 5.32 Å². The standard InChI is InChI=1S/C11H21NO2/c13-6-5-11(3-4-11)9-12-10-2-1-7-14-8-10/h10,12-13H,1-9H2. The van der Waals surface area contributed by atoms with Gasteiger partial charge in [0, 0.05) is 25.8 Å². The van der Waals surface area contributed by atoms with Gasteiger partial charge in [-0.1, -0.05) is 0 Å². The Bertz CT molecular complexity index is 174. The normalized spacial score (nSPS) is 30.2. The monoisotopic (exact) mass is 199 g/mol. The molecule has 14 heavy (non-hydrogen) atoms. The number of rotatable bonds is 5. The summed E-state index contributed by atoms with van der Waals surface area (Å²) in [4.78, 5) is 0. The Morgan fingerprint density at radius 3 is 2.86 bits per heavy atom. The number of nitrogens with one attached hydrogen (secondary N) is 1. The Morgan fingerprint density at radius 2 is 2.29 bits per heavy atom. The molecule has 1 saturated carbocycles. The number of hydrogen-bond acceptors (Lipinski definition) is 3. The van der Waals surface area contributed by atoms with Crippen molar-refractivity contribution in [2.75, 3.05) is 26.4 Å². The van der Waals surface area contributed by atoms with Gasteiger partial charge in [0.15, 0.2) is 0 Å². The Balaban J connectivity index is 1.65. The van der Waals surface area contributed by atoms with Crippen molar-refractivity contribution < 1.29 is 9.84 Å². The van der Waals surface area contributed by atoms with E-state index in [0.29, 0.717) is 18.1 Å². The van der Waals surface area contributed by atoms with Gasteiger partial charge < -0.3 is 15.2 Å². The molecule has 1 saturated heterocycles. The summed E-state index contributed by atoms with van der Waals surface area (Å²) in [5.41, 5.74) is 0.437. The fourth-order valence-corrected chi connectivity index (χ4v) is 2.19. The zero-order valence-electron chi connectivity index (χ0n) is 8.80. The van der Waals surface area contributed by atoms with Crippen LogP contribution in [0.5, 0.6) is 0 Å². The van der Waals surface area contributed by atoms with E-state index in [1.165, 1.54) is 25.7 Å². The third-order valence-corrected chi connectivity index (χ3v) is 3.53. The van der Waals surface area contributed by atoms with Crippen molar-refractivity contribution in [3.05, 3.63) is 0 Å². The summed E-state index contributed by atoms with van der Waals surface area (Å²) in [5, 5.41) is 12.5. The third-order valence-electron chi connectivity index (χ3n) is 3.53. The molecule has 0 amide bonds. The van der Waals surface area contributed by atoms with Crippen molar-refractivity contribution in [1.82, 2.24) is 5.32 Å². The molecule has 0 aromatic carbocycles. The summed E-state index contributed by atoms with van der Waals surface area (Å²) in [7, 11) is 0. The highest BCUT2D eigenvalue weighted by Gasteiger charge is 2.41. The van der Waals surface area contributed by atoms with E-state index < -0.39 is 0 Å². The average molecular weight is 199 g/mol. The van der Waals surface area contributed by atoms with Crippen molar-refractivity contribution >= 4 is 0 Å². The quantitative estimate of drug-likeness (QED) is 0.692. The average Bonchev–Trinajstić information content (AvgIpc) is 2.98. The first kappa shape index (κ1) is 10.4. The highest BCUT2D eigenvalue weighted by atomic mass is 16.5. The molecule has 3 heteroatoms. The Morgan fingerprint density at radius 1 is 1.43 bits per heavy atom. The second kappa shape index (κ2) is 4.60. The van der Waals surface area contributed by atoms with Gasteiger partial charge in [-0.3, -0.25) is 0 Å². The minimum atomic E-state index is 0.336. The minimum Gasteiger partial charge on any atom is -0.396 e. The fourth-order valence-electron chi connectivity index (χ4n) is 2.19. The van der Waals surface area contributed by atoms with Crippen LogP contribution in [0.1, 0.15) is 32.1 Å². The molecule has 1 atom stereocenters. The molecule has 2 aliphatic rings. The Hall–Kier alpha value is -0.120. The molecule has 3 nitrogen and oxygen atoms in total. The summed E-state index contributed by atoms with van der Waals surface area (Å²) in [6.45, 7) is 3.21. The zero-order valence-corrected chi connectivity index (χ0v) is 8.80. The van der Waals surface area contributed by atoms with Crippen LogP contribution in [-0.4, -0.2) is 37.5 Å². The van der Waals surface area contributed by atoms with Crippen LogP contribution in [0, 0.1) is 5.41 Å². The lowest BCUT2D eigenvalue weighted by atomic mass is 10.0. The molecule has 82 valence electrons. The van der Waals surface area contributed by atoms with Crippen LogP contribution >= 0.6 is 0 Å². The maximum absolute atomic E-state index is 8.93. The number of aliphatic hydroxyl groups excluding tert-OH is 1. The van der Waals surface area contributed by atoms with Crippen molar-refractivity contribution in [2.24, 2.45) is 5.41 Å². The molecule has 0 aromatic rings. The molecule has 1 aliphatic heterocycles. The van der Waals surface area contributed by atoms with E-state index in [1.54, 1.807) is 0 Å². The molecule has 0 aromatic heterocycles. The van der Waals surface area contributed by atoms with Crippen LogP contribution in [-0.2, 0) is 4.74 Å². The van der Waals surface area contributed by atoms with Crippen LogP contribution in [0.3, 0.4) is 0 Å². The van der Waals surface area contributed by atoms with Crippen molar-refractivity contribution in [1.29, 1.82) is 0 Å². The predicted octanol–water partition coefficient (Wildman–Crippen LogP) is 0.918. The predicted molar refractivity (Wildman–Crippen MR) is 55.2 cm³/mol. The van der Waals surface area contributed by atoms with Crippen LogP contribution in [0.15, 0.2) is 0 Å². The van der Waals surface area contributed by atoms with E-state index in [0.717, 1.165) is 26.2 Å². The van der Waals surface area contributed by atoms with Gasteiger partial charge in [0.2, 0.25) is 0 Å². The number of ether oxygens (including phenoxy) is 1. The maximum atomic E-state index is 8.93. The molecule has 0 bridgehead atoms. The second-order valence-corrected chi connectivity index (χ2v) is 4.77. The molecule has 2 fully saturated rings. The lowest BCUT2D eigenvalue weighted by Gasteiger charge is -2.25. The zero-order chi connectivity index (χ0) is 9.86. The molecule has 1 unspecified atom stereocenters. The first-order valence-corrected chi connectivity index (χ1v) is 5.77. The topological polar surface area (TPSA) is 41.5 Å². The molecule has 2 rings (SSSR count). The van der Waals surface area contributed by atoms with Crippen LogP contribution in [0.25, 0.3) is 0 Å². The lowest BCUT2D eigenvalue weighted by Crippen LogP contribution is -2.40. The summed E-state index contributed by atoms with van der Waals surface area (Å²) in [6, 6.07) is 0.555. The van der Waals surface area contributed by atoms with Gasteiger partial charge in [-0.2, -0.15) is 0 Å². The molecular weight excluding hydrogens is 178 g/mol. The maximum Gasteiger partial charge on any atom is 0.0619 e. The molecular formula is C11H21NO2. The van der Waals surface area contributed by atoms with Crippen molar-refractivity contribution in [2.45, 2.75) is 38.1 Å². The number of hydrogen-bond donors (Lipinski definition) is 2. The van der Waals surface area contributed by atoms with Crippen LogP contribution in [0.2, 0.25) is 0 Å². The SMILES string of the molecule is OCCC1(CNC2CCCOC2)CC1. The Labute approximate surface area is 85.8 Å². The Kier molecular flexibility index (Phi) is 3.42. The third kappa shape index (κ3) is 2.69. The fraction of sp³-hybridized carbons (Fsp3) is 1.00. The molecule has 2 N–H and O–H groups in total. The van der Waals surface area contributed by atoms with Gasteiger partial charge >= 0.3 is 0 Å². The first-order chi connectivity index (χ1) is 6.85. The van der Waals surface area contributed by atoms with Crippen molar-refractivity contribution in [3.8, 4) is 0 Å². The lowest BCUT2D eigenvalue weighted by molar-refractivity contribution is 0.0679. The number of aliphatic hydroxyl groups is 1. The van der Waals surface area contributed by atoms with E-state index in [9.17, 15) is 0 Å². The van der Waals surface area contributed by atoms with Gasteiger partial charge in [0.25, 0.3) is 0 Å². The second-order valence-electron chi connectivity index (χ2n) is 4.77. The summed E-state index contributed by atoms with van der Waals surface area (Å²) in [5.74, 6) is 0. The van der Waals surface area contributed by atoms with Crippen LogP contribution in [0.4, 0.5) is 0 Å². The summed E-state index contributed by atoms with van der Waals surface area (Å²) in [6.07, 6.45) is 5.97. The smallest absolute Gasteiger partial charge is 0.0619 e. The first-order valence-electron chi connectivity index (χ1n) is 5.77. The molecule has 0 radical (unpaired) electrons. The highest BCUT2D eigenvalue weighted by Crippen LogP contribution is 2.48. The van der Waals surface area contributed by atoms with Gasteiger partial charge in [-0.05, 0) is 37.5 Å². The van der Waals surface area contributed by atoms with Gasteiger partial charge in [0.1, 0.15) is 0 Å². The van der Waals surface area contributed by atoms with E-state index in [2.05, 4.69) is 5.32 Å². The summed E-state index contributed by atoms with van der Waals surface area (Å²) >= 11 is 0. The highest BCUT2D eigenvalue weighted by molar-refractivity contribution is 4.95. The van der Waals surface area contributed by atoms with Gasteiger partial charge in [-0.25, -0.2) is 0 Å². The molecule has 1 heterocycles. The van der Waals surface area contributed by atoms with E-state index >= 15 is 0 Å². The molecule has 1 aliphatic carbocycles. The van der Waals surface area contributed by atoms with E-state index in [-0.39, 0.29) is 0 Å². The van der Waals surface area contributed by atoms with E-state index in [1.807, 2.05) is 0 Å². The van der Waals surface area contributed by atoms with Gasteiger partial charge in [0.05, 0.1) is 6.61 Å².